The van der Waals surface area contributed by atoms with Crippen molar-refractivity contribution < 1.29 is 9.53 Å². The second kappa shape index (κ2) is 5.40. The molecule has 2 heterocycles. The van der Waals surface area contributed by atoms with Gasteiger partial charge in [-0.2, -0.15) is 5.10 Å². The van der Waals surface area contributed by atoms with Crippen molar-refractivity contribution in [3.05, 3.63) is 38.2 Å². The molecule has 102 valence electrons. The quantitative estimate of drug-likeness (QED) is 0.789. The Morgan fingerprint density at radius 2 is 2.26 bits per heavy atom. The Morgan fingerprint density at radius 1 is 1.53 bits per heavy atom. The number of esters is 1. The van der Waals surface area contributed by atoms with Gasteiger partial charge < -0.3 is 4.74 Å². The third-order valence-corrected chi connectivity index (χ3v) is 3.72. The Bertz CT molecular complexity index is 653. The highest BCUT2D eigenvalue weighted by Gasteiger charge is 2.18. The largest absolute Gasteiger partial charge is 0.462 e. The number of ether oxygens (including phenoxy) is 1. The summed E-state index contributed by atoms with van der Waals surface area (Å²) in [4.78, 5) is 23.5. The molecular weight excluding hydrogens is 266 g/mol. The van der Waals surface area contributed by atoms with Crippen molar-refractivity contribution in [3.8, 4) is 0 Å². The zero-order valence-corrected chi connectivity index (χ0v) is 11.9. The monoisotopic (exact) mass is 281 g/mol. The van der Waals surface area contributed by atoms with Crippen LogP contribution in [0.5, 0.6) is 0 Å². The van der Waals surface area contributed by atoms with Crippen LogP contribution < -0.4 is 4.87 Å². The summed E-state index contributed by atoms with van der Waals surface area (Å²) in [5.41, 5.74) is 1.94. The number of hydrogen-bond donors (Lipinski definition) is 0. The summed E-state index contributed by atoms with van der Waals surface area (Å²) < 4.78 is 8.19. The highest BCUT2D eigenvalue weighted by Crippen LogP contribution is 2.12. The van der Waals surface area contributed by atoms with Gasteiger partial charge in [0.05, 0.1) is 25.0 Å². The maximum atomic E-state index is 11.8. The van der Waals surface area contributed by atoms with E-state index in [0.717, 1.165) is 17.0 Å². The van der Waals surface area contributed by atoms with Crippen LogP contribution in [0.3, 0.4) is 0 Å². The van der Waals surface area contributed by atoms with Gasteiger partial charge in [-0.3, -0.25) is 14.0 Å². The van der Waals surface area contributed by atoms with E-state index in [-0.39, 0.29) is 4.87 Å². The number of aromatic nitrogens is 3. The molecule has 0 atom stereocenters. The van der Waals surface area contributed by atoms with E-state index >= 15 is 0 Å². The lowest BCUT2D eigenvalue weighted by molar-refractivity contribution is 0.0524. The maximum absolute atomic E-state index is 11.8. The predicted molar refractivity (Wildman–Crippen MR) is 71.6 cm³/mol. The number of nitrogens with zero attached hydrogens (tertiary/aromatic N) is 3. The highest BCUT2D eigenvalue weighted by atomic mass is 32.1. The Morgan fingerprint density at radius 3 is 2.84 bits per heavy atom. The van der Waals surface area contributed by atoms with Crippen molar-refractivity contribution in [1.29, 1.82) is 0 Å². The highest BCUT2D eigenvalue weighted by molar-refractivity contribution is 7.07. The normalized spacial score (nSPS) is 10.7. The molecule has 2 aromatic heterocycles. The van der Waals surface area contributed by atoms with Crippen LogP contribution in [-0.4, -0.2) is 26.9 Å². The second-order valence-electron chi connectivity index (χ2n) is 4.08. The number of carbonyl (C=O) groups excluding carboxylic acids is 1. The van der Waals surface area contributed by atoms with Crippen molar-refractivity contribution in [2.24, 2.45) is 7.05 Å². The van der Waals surface area contributed by atoms with Crippen LogP contribution in [0.25, 0.3) is 0 Å². The van der Waals surface area contributed by atoms with Gasteiger partial charge in [-0.1, -0.05) is 11.3 Å². The van der Waals surface area contributed by atoms with Gasteiger partial charge in [0.15, 0.2) is 0 Å². The molecule has 0 unspecified atom stereocenters. The van der Waals surface area contributed by atoms with Crippen LogP contribution in [0.2, 0.25) is 0 Å². The Hall–Kier alpha value is -1.89. The smallest absolute Gasteiger partial charge is 0.341 e. The molecular formula is C12H15N3O3S. The van der Waals surface area contributed by atoms with Crippen molar-refractivity contribution in [2.75, 3.05) is 6.61 Å². The lowest BCUT2D eigenvalue weighted by atomic mass is 10.2. The summed E-state index contributed by atoms with van der Waals surface area (Å²) in [5, 5.41) is 5.86. The number of thiazole rings is 1. The van der Waals surface area contributed by atoms with E-state index in [2.05, 4.69) is 5.10 Å². The molecule has 0 amide bonds. The van der Waals surface area contributed by atoms with E-state index in [0.29, 0.717) is 24.4 Å². The van der Waals surface area contributed by atoms with Crippen LogP contribution >= 0.6 is 11.3 Å². The first kappa shape index (κ1) is 13.5. The summed E-state index contributed by atoms with van der Waals surface area (Å²) in [7, 11) is 1.74. The van der Waals surface area contributed by atoms with Crippen molar-refractivity contribution in [1.82, 2.24) is 14.3 Å². The van der Waals surface area contributed by atoms with Crippen molar-refractivity contribution in [2.45, 2.75) is 20.4 Å². The van der Waals surface area contributed by atoms with E-state index in [1.165, 1.54) is 6.20 Å². The first-order chi connectivity index (χ1) is 9.04. The van der Waals surface area contributed by atoms with Crippen LogP contribution in [0.1, 0.15) is 28.7 Å². The van der Waals surface area contributed by atoms with Gasteiger partial charge in [-0.05, 0) is 13.8 Å². The van der Waals surface area contributed by atoms with E-state index in [9.17, 15) is 9.59 Å². The molecule has 0 saturated heterocycles. The van der Waals surface area contributed by atoms with Gasteiger partial charge in [-0.15, -0.1) is 0 Å². The minimum atomic E-state index is -0.411. The minimum absolute atomic E-state index is 0.0477. The summed E-state index contributed by atoms with van der Waals surface area (Å²) in [6.07, 6.45) is 1.47. The average Bonchev–Trinajstić information content (AvgIpc) is 2.88. The molecule has 0 fully saturated rings. The first-order valence-corrected chi connectivity index (χ1v) is 6.75. The molecule has 19 heavy (non-hydrogen) atoms. The number of hydrogen-bond acceptors (Lipinski definition) is 5. The maximum Gasteiger partial charge on any atom is 0.341 e. The summed E-state index contributed by atoms with van der Waals surface area (Å²) in [6, 6.07) is 0. The molecule has 0 aliphatic rings. The lowest BCUT2D eigenvalue weighted by Gasteiger charge is -2.08. The number of aryl methyl sites for hydroxylation is 2. The van der Waals surface area contributed by atoms with Crippen molar-refractivity contribution in [3.63, 3.8) is 0 Å². The van der Waals surface area contributed by atoms with Gasteiger partial charge in [0, 0.05) is 18.1 Å². The molecule has 7 heteroatoms. The molecule has 0 bridgehead atoms. The van der Waals surface area contributed by atoms with Gasteiger partial charge in [0.25, 0.3) is 0 Å². The number of carbonyl (C=O) groups is 1. The minimum Gasteiger partial charge on any atom is -0.462 e. The molecule has 0 aliphatic carbocycles. The van der Waals surface area contributed by atoms with Crippen LogP contribution in [0.4, 0.5) is 0 Å². The predicted octanol–water partition coefficient (Wildman–Crippen LogP) is 1.18. The van der Waals surface area contributed by atoms with Gasteiger partial charge in [0.1, 0.15) is 5.56 Å². The second-order valence-corrected chi connectivity index (χ2v) is 4.90. The molecule has 2 rings (SSSR count). The summed E-state index contributed by atoms with van der Waals surface area (Å²) >= 11 is 1.14. The SMILES string of the molecule is CCOC(=O)c1cnn(C)c1Cn1c(C)csc1=O. The third-order valence-electron chi connectivity index (χ3n) is 2.84. The molecule has 0 aliphatic heterocycles. The molecule has 0 aromatic carbocycles. The van der Waals surface area contributed by atoms with Crippen LogP contribution in [0, 0.1) is 6.92 Å². The van der Waals surface area contributed by atoms with Crippen molar-refractivity contribution >= 4 is 17.3 Å². The van der Waals surface area contributed by atoms with Gasteiger partial charge in [0.2, 0.25) is 0 Å². The molecule has 0 saturated carbocycles. The van der Waals surface area contributed by atoms with E-state index in [4.69, 9.17) is 4.74 Å². The number of rotatable bonds is 4. The first-order valence-electron chi connectivity index (χ1n) is 5.87. The molecule has 0 spiro atoms. The van der Waals surface area contributed by atoms with E-state index in [1.54, 1.807) is 28.6 Å². The fraction of sp³-hybridized carbons (Fsp3) is 0.417. The third kappa shape index (κ3) is 2.60. The molecule has 6 nitrogen and oxygen atoms in total. The Balaban J connectivity index is 2.38. The van der Waals surface area contributed by atoms with E-state index < -0.39 is 5.97 Å². The van der Waals surface area contributed by atoms with Crippen LogP contribution in [-0.2, 0) is 18.3 Å². The Labute approximate surface area is 114 Å². The van der Waals surface area contributed by atoms with Crippen LogP contribution in [0.15, 0.2) is 16.4 Å². The summed E-state index contributed by atoms with van der Waals surface area (Å²) in [5.74, 6) is -0.411. The summed E-state index contributed by atoms with van der Waals surface area (Å²) in [6.45, 7) is 4.24. The molecule has 0 N–H and O–H groups in total. The fourth-order valence-corrected chi connectivity index (χ4v) is 2.51. The topological polar surface area (TPSA) is 66.1 Å². The van der Waals surface area contributed by atoms with Gasteiger partial charge in [-0.25, -0.2) is 4.79 Å². The zero-order valence-electron chi connectivity index (χ0n) is 11.0. The average molecular weight is 281 g/mol. The molecule has 0 radical (unpaired) electrons. The lowest BCUT2D eigenvalue weighted by Crippen LogP contribution is -2.19. The fourth-order valence-electron chi connectivity index (χ4n) is 1.78. The Kier molecular flexibility index (Phi) is 3.84. The van der Waals surface area contributed by atoms with Gasteiger partial charge >= 0.3 is 10.8 Å². The molecule has 2 aromatic rings. The zero-order chi connectivity index (χ0) is 14.0. The van der Waals surface area contributed by atoms with E-state index in [1.807, 2.05) is 6.92 Å². The standard InChI is InChI=1S/C12H15N3O3S/c1-4-18-11(16)9-5-13-14(3)10(9)6-15-8(2)7-19-12(15)17/h5,7H,4,6H2,1-3H3.